The summed E-state index contributed by atoms with van der Waals surface area (Å²) in [6.07, 6.45) is 0.513. The Bertz CT molecular complexity index is 1330. The fourth-order valence-electron chi connectivity index (χ4n) is 2.99. The molecule has 0 saturated carbocycles. The Balaban J connectivity index is 2.17. The SMILES string of the molecule is C=CC(=O)OCC(C)OC(=O)COc1cc(C)c(OCC(=O)OC(C)COC(=O)C=C)c2c1SC(=C(C#N)C#N)S2. The van der Waals surface area contributed by atoms with E-state index in [-0.39, 0.29) is 30.3 Å². The van der Waals surface area contributed by atoms with Crippen molar-refractivity contribution in [1.29, 1.82) is 10.5 Å². The van der Waals surface area contributed by atoms with Gasteiger partial charge in [0.2, 0.25) is 0 Å². The number of benzene rings is 1. The number of hydrogen-bond acceptors (Lipinski definition) is 14. The monoisotopic (exact) mass is 602 g/mol. The number of carbonyl (C=O) groups is 4. The lowest BCUT2D eigenvalue weighted by molar-refractivity contribution is -0.157. The first-order valence-electron chi connectivity index (χ1n) is 11.8. The number of carbonyl (C=O) groups excluding carboxylic acids is 4. The molecule has 1 heterocycles. The molecule has 1 aliphatic heterocycles. The number of ether oxygens (including phenoxy) is 6. The fraction of sp³-hybridized carbons (Fsp3) is 0.333. The first-order valence-corrected chi connectivity index (χ1v) is 13.5. The number of fused-ring (bicyclic) bond motifs is 1. The highest BCUT2D eigenvalue weighted by Crippen LogP contribution is 2.59. The normalized spacial score (nSPS) is 12.8. The van der Waals surface area contributed by atoms with Crippen LogP contribution in [0.25, 0.3) is 0 Å². The molecule has 0 saturated heterocycles. The molecule has 41 heavy (non-hydrogen) atoms. The summed E-state index contributed by atoms with van der Waals surface area (Å²) in [7, 11) is 0. The van der Waals surface area contributed by atoms with Crippen molar-refractivity contribution < 1.29 is 47.6 Å². The van der Waals surface area contributed by atoms with Crippen molar-refractivity contribution >= 4 is 47.4 Å². The van der Waals surface area contributed by atoms with Crippen LogP contribution in [0.15, 0.2) is 51.0 Å². The van der Waals surface area contributed by atoms with E-state index in [4.69, 9.17) is 28.4 Å². The van der Waals surface area contributed by atoms with Crippen LogP contribution in [0.2, 0.25) is 0 Å². The summed E-state index contributed by atoms with van der Waals surface area (Å²) in [5.41, 5.74) is 0.401. The van der Waals surface area contributed by atoms with Gasteiger partial charge in [0.1, 0.15) is 54.6 Å². The molecule has 0 amide bonds. The summed E-state index contributed by atoms with van der Waals surface area (Å²) in [5, 5.41) is 18.7. The molecule has 0 spiro atoms. The van der Waals surface area contributed by atoms with Gasteiger partial charge >= 0.3 is 23.9 Å². The third-order valence-corrected chi connectivity index (χ3v) is 7.37. The molecule has 2 atom stereocenters. The van der Waals surface area contributed by atoms with Crippen LogP contribution in [-0.2, 0) is 38.1 Å². The lowest BCUT2D eigenvalue weighted by Crippen LogP contribution is -2.25. The van der Waals surface area contributed by atoms with Crippen LogP contribution >= 0.6 is 23.5 Å². The number of allylic oxidation sites excluding steroid dienone is 1. The third kappa shape index (κ3) is 9.94. The van der Waals surface area contributed by atoms with E-state index in [2.05, 4.69) is 13.2 Å². The van der Waals surface area contributed by atoms with Gasteiger partial charge in [-0.05, 0) is 32.4 Å². The van der Waals surface area contributed by atoms with Crippen molar-refractivity contribution in [3.8, 4) is 23.6 Å². The largest absolute Gasteiger partial charge is 0.481 e. The molecule has 0 radical (unpaired) electrons. The quantitative estimate of drug-likeness (QED) is 0.131. The van der Waals surface area contributed by atoms with Gasteiger partial charge in [-0.25, -0.2) is 19.2 Å². The van der Waals surface area contributed by atoms with Crippen LogP contribution in [0.4, 0.5) is 0 Å². The van der Waals surface area contributed by atoms with E-state index in [1.54, 1.807) is 13.0 Å². The van der Waals surface area contributed by atoms with Gasteiger partial charge in [-0.2, -0.15) is 10.5 Å². The smallest absolute Gasteiger partial charge is 0.344 e. The first-order chi connectivity index (χ1) is 19.5. The van der Waals surface area contributed by atoms with Crippen LogP contribution in [0.1, 0.15) is 19.4 Å². The molecule has 0 fully saturated rings. The molecule has 0 aromatic heterocycles. The Labute approximate surface area is 244 Å². The van der Waals surface area contributed by atoms with Crippen molar-refractivity contribution in [1.82, 2.24) is 0 Å². The van der Waals surface area contributed by atoms with E-state index in [0.29, 0.717) is 19.6 Å². The number of nitriles is 2. The summed E-state index contributed by atoms with van der Waals surface area (Å²) in [6.45, 7) is 10.0. The van der Waals surface area contributed by atoms with Crippen molar-refractivity contribution in [2.24, 2.45) is 0 Å². The molecule has 12 nitrogen and oxygen atoms in total. The van der Waals surface area contributed by atoms with Gasteiger partial charge in [-0.3, -0.25) is 0 Å². The third-order valence-electron chi connectivity index (χ3n) is 4.76. The Kier molecular flexibility index (Phi) is 12.8. The fourth-order valence-corrected chi connectivity index (χ4v) is 5.58. The first kappa shape index (κ1) is 32.8. The average Bonchev–Trinajstić information content (AvgIpc) is 3.38. The summed E-state index contributed by atoms with van der Waals surface area (Å²) >= 11 is 2.16. The van der Waals surface area contributed by atoms with Gasteiger partial charge in [-0.1, -0.05) is 36.7 Å². The average molecular weight is 603 g/mol. The zero-order valence-corrected chi connectivity index (χ0v) is 24.1. The second kappa shape index (κ2) is 16.0. The number of thioether (sulfide) groups is 2. The minimum atomic E-state index is -0.734. The predicted octanol–water partition coefficient (Wildman–Crippen LogP) is 3.53. The van der Waals surface area contributed by atoms with E-state index in [0.717, 1.165) is 35.7 Å². The molecular weight excluding hydrogens is 576 g/mol. The standard InChI is InChI=1S/C27H26N2O10S2/c1-6-20(30)35-11-16(4)38-22(32)13-34-19-8-15(3)24(26-25(19)40-27(41-26)18(9-28)10-29)37-14-23(33)39-17(5)12-36-21(31)7-2/h6-8,16-17H,1-2,11-14H2,3-5H3. The predicted molar refractivity (Wildman–Crippen MR) is 146 cm³/mol. The minimum absolute atomic E-state index is 0.129. The number of aryl methyl sites for hydroxylation is 1. The second-order valence-electron chi connectivity index (χ2n) is 8.12. The number of rotatable bonds is 14. The summed E-state index contributed by atoms with van der Waals surface area (Å²) in [5.74, 6) is -2.20. The Morgan fingerprint density at radius 1 is 0.878 bits per heavy atom. The van der Waals surface area contributed by atoms with Crippen molar-refractivity contribution in [2.75, 3.05) is 26.4 Å². The maximum atomic E-state index is 12.3. The maximum absolute atomic E-state index is 12.3. The Morgan fingerprint density at radius 3 is 1.85 bits per heavy atom. The molecule has 2 unspecified atom stereocenters. The molecule has 0 N–H and O–H groups in total. The molecule has 0 aliphatic carbocycles. The van der Waals surface area contributed by atoms with Crippen LogP contribution in [0.3, 0.4) is 0 Å². The van der Waals surface area contributed by atoms with E-state index >= 15 is 0 Å². The summed E-state index contributed by atoms with van der Waals surface area (Å²) in [6, 6.07) is 5.25. The van der Waals surface area contributed by atoms with Crippen molar-refractivity contribution in [3.63, 3.8) is 0 Å². The molecule has 1 aromatic rings. The maximum Gasteiger partial charge on any atom is 0.344 e. The minimum Gasteiger partial charge on any atom is -0.481 e. The molecular formula is C27H26N2O10S2. The molecule has 216 valence electrons. The van der Waals surface area contributed by atoms with E-state index in [9.17, 15) is 29.7 Å². The van der Waals surface area contributed by atoms with E-state index < -0.39 is 49.3 Å². The lowest BCUT2D eigenvalue weighted by atomic mass is 10.2. The zero-order valence-electron chi connectivity index (χ0n) is 22.4. The van der Waals surface area contributed by atoms with Crippen molar-refractivity contribution in [2.45, 2.75) is 42.8 Å². The number of hydrogen-bond donors (Lipinski definition) is 0. The highest BCUT2D eigenvalue weighted by atomic mass is 32.2. The second-order valence-corrected chi connectivity index (χ2v) is 10.4. The Morgan fingerprint density at radius 2 is 1.37 bits per heavy atom. The van der Waals surface area contributed by atoms with E-state index in [1.807, 2.05) is 12.1 Å². The van der Waals surface area contributed by atoms with Crippen LogP contribution in [0, 0.1) is 29.6 Å². The molecule has 1 aromatic carbocycles. The van der Waals surface area contributed by atoms with Crippen LogP contribution in [0.5, 0.6) is 11.5 Å². The van der Waals surface area contributed by atoms with Gasteiger partial charge < -0.3 is 28.4 Å². The van der Waals surface area contributed by atoms with Gasteiger partial charge in [0, 0.05) is 12.2 Å². The lowest BCUT2D eigenvalue weighted by Gasteiger charge is -2.17. The van der Waals surface area contributed by atoms with Crippen LogP contribution < -0.4 is 9.47 Å². The van der Waals surface area contributed by atoms with E-state index in [1.165, 1.54) is 13.8 Å². The molecule has 0 bridgehead atoms. The van der Waals surface area contributed by atoms with Gasteiger partial charge in [0.05, 0.1) is 14.0 Å². The van der Waals surface area contributed by atoms with Gasteiger partial charge in [-0.15, -0.1) is 0 Å². The molecule has 2 rings (SSSR count). The molecule has 14 heteroatoms. The van der Waals surface area contributed by atoms with Gasteiger partial charge in [0.25, 0.3) is 0 Å². The number of esters is 4. The van der Waals surface area contributed by atoms with Gasteiger partial charge in [0.15, 0.2) is 13.2 Å². The molecule has 1 aliphatic rings. The Hall–Kier alpha value is -4.40. The van der Waals surface area contributed by atoms with Crippen molar-refractivity contribution in [3.05, 3.63) is 46.8 Å². The highest BCUT2D eigenvalue weighted by molar-refractivity contribution is 8.24. The topological polar surface area (TPSA) is 171 Å². The zero-order chi connectivity index (χ0) is 30.5. The summed E-state index contributed by atoms with van der Waals surface area (Å²) < 4.78 is 31.9. The highest BCUT2D eigenvalue weighted by Gasteiger charge is 2.31. The number of nitrogens with zero attached hydrogens (tertiary/aromatic N) is 2. The van der Waals surface area contributed by atoms with Crippen LogP contribution in [-0.4, -0.2) is 62.5 Å². The summed E-state index contributed by atoms with van der Waals surface area (Å²) in [4.78, 5) is 47.9.